The number of benzene rings is 4. The molecule has 0 spiro atoms. The summed E-state index contributed by atoms with van der Waals surface area (Å²) in [4.78, 5) is 12.6. The van der Waals surface area contributed by atoms with Crippen molar-refractivity contribution < 1.29 is 14.6 Å². The molecule has 0 aliphatic rings. The third-order valence-electron chi connectivity index (χ3n) is 5.93. The van der Waals surface area contributed by atoms with Gasteiger partial charge in [0.1, 0.15) is 17.9 Å². The molecule has 0 aromatic heterocycles. The van der Waals surface area contributed by atoms with Crippen LogP contribution >= 0.6 is 23.2 Å². The van der Waals surface area contributed by atoms with Crippen molar-refractivity contribution in [3.8, 4) is 5.75 Å². The summed E-state index contributed by atoms with van der Waals surface area (Å²) in [5, 5.41) is 14.6. The fourth-order valence-electron chi connectivity index (χ4n) is 4.27. The van der Waals surface area contributed by atoms with E-state index >= 15 is 0 Å². The molecule has 4 aromatic rings. The first-order valence-corrected chi connectivity index (χ1v) is 12.0. The maximum Gasteiger partial charge on any atom is 0.324 e. The fourth-order valence-corrected chi connectivity index (χ4v) is 4.72. The number of carbonyl (C=O) groups is 1. The first kappa shape index (κ1) is 24.8. The number of carboxylic acid groups (broad SMARTS) is 1. The Bertz CT molecular complexity index is 1170. The predicted molar refractivity (Wildman–Crippen MR) is 140 cm³/mol. The largest absolute Gasteiger partial charge is 0.487 e. The second kappa shape index (κ2) is 11.0. The van der Waals surface area contributed by atoms with Gasteiger partial charge in [0.25, 0.3) is 0 Å². The van der Waals surface area contributed by atoms with Crippen LogP contribution in [0, 0.1) is 0 Å². The molecule has 35 heavy (non-hydrogen) atoms. The fraction of sp³-hybridized carbons (Fsp3) is 0.138. The molecule has 0 saturated carbocycles. The van der Waals surface area contributed by atoms with Crippen LogP contribution in [0.4, 0.5) is 0 Å². The first-order chi connectivity index (χ1) is 16.9. The van der Waals surface area contributed by atoms with E-state index in [2.05, 4.69) is 5.32 Å². The van der Waals surface area contributed by atoms with Crippen LogP contribution in [0.1, 0.15) is 23.6 Å². The van der Waals surface area contributed by atoms with Crippen LogP contribution in [0.5, 0.6) is 5.75 Å². The van der Waals surface area contributed by atoms with Gasteiger partial charge in [-0.25, -0.2) is 0 Å². The summed E-state index contributed by atoms with van der Waals surface area (Å²) < 4.78 is 6.04. The molecule has 2 atom stereocenters. The number of rotatable bonds is 9. The maximum atomic E-state index is 12.6. The minimum absolute atomic E-state index is 0.314. The van der Waals surface area contributed by atoms with Crippen molar-refractivity contribution in [2.45, 2.75) is 24.6 Å². The highest BCUT2D eigenvalue weighted by Crippen LogP contribution is 2.38. The average Bonchev–Trinajstić information content (AvgIpc) is 2.88. The van der Waals surface area contributed by atoms with Crippen LogP contribution < -0.4 is 10.1 Å². The van der Waals surface area contributed by atoms with E-state index in [4.69, 9.17) is 27.9 Å². The Morgan fingerprint density at radius 2 is 1.26 bits per heavy atom. The van der Waals surface area contributed by atoms with Gasteiger partial charge in [0.2, 0.25) is 0 Å². The zero-order valence-corrected chi connectivity index (χ0v) is 20.6. The molecule has 4 rings (SSSR count). The zero-order valence-electron chi connectivity index (χ0n) is 19.1. The van der Waals surface area contributed by atoms with Crippen molar-refractivity contribution in [3.63, 3.8) is 0 Å². The van der Waals surface area contributed by atoms with Gasteiger partial charge in [-0.15, -0.1) is 0 Å². The van der Waals surface area contributed by atoms with E-state index in [-0.39, 0.29) is 0 Å². The lowest BCUT2D eigenvalue weighted by Crippen LogP contribution is -2.57. The van der Waals surface area contributed by atoms with E-state index in [0.717, 1.165) is 16.7 Å². The topological polar surface area (TPSA) is 58.6 Å². The molecule has 0 heterocycles. The van der Waals surface area contributed by atoms with Gasteiger partial charge in [-0.05, 0) is 41.8 Å². The molecule has 0 fully saturated rings. The van der Waals surface area contributed by atoms with Crippen molar-refractivity contribution in [2.75, 3.05) is 0 Å². The third-order valence-corrected chi connectivity index (χ3v) is 6.47. The van der Waals surface area contributed by atoms with Crippen molar-refractivity contribution >= 4 is 29.2 Å². The molecule has 0 saturated heterocycles. The van der Waals surface area contributed by atoms with Gasteiger partial charge in [0.05, 0.1) is 10.6 Å². The van der Waals surface area contributed by atoms with Gasteiger partial charge in [0, 0.05) is 5.02 Å². The Morgan fingerprint density at radius 3 is 1.66 bits per heavy atom. The van der Waals surface area contributed by atoms with E-state index < -0.39 is 23.7 Å². The molecule has 2 unspecified atom stereocenters. The van der Waals surface area contributed by atoms with Gasteiger partial charge in [-0.3, -0.25) is 10.1 Å². The minimum atomic E-state index is -1.10. The van der Waals surface area contributed by atoms with E-state index in [9.17, 15) is 9.90 Å². The lowest BCUT2D eigenvalue weighted by molar-refractivity contribution is -0.142. The molecule has 4 nitrogen and oxygen atoms in total. The second-order valence-corrected chi connectivity index (χ2v) is 9.05. The van der Waals surface area contributed by atoms with Crippen molar-refractivity contribution in [1.82, 2.24) is 5.32 Å². The summed E-state index contributed by atoms with van der Waals surface area (Å²) >= 11 is 12.3. The number of hydrogen-bond acceptors (Lipinski definition) is 3. The molecular weight excluding hydrogens is 481 g/mol. The Hall–Kier alpha value is -3.31. The molecular formula is C29H25Cl2NO3. The average molecular weight is 506 g/mol. The maximum absolute atomic E-state index is 12.6. The normalized spacial score (nSPS) is 13.1. The predicted octanol–water partition coefficient (Wildman–Crippen LogP) is 6.80. The smallest absolute Gasteiger partial charge is 0.324 e. The van der Waals surface area contributed by atoms with Crippen LogP contribution in [0.25, 0.3) is 0 Å². The highest BCUT2D eigenvalue weighted by molar-refractivity contribution is 6.35. The molecule has 6 heteroatoms. The van der Waals surface area contributed by atoms with Gasteiger partial charge >= 0.3 is 5.97 Å². The molecule has 0 aliphatic heterocycles. The molecule has 2 N–H and O–H groups in total. The summed E-state index contributed by atoms with van der Waals surface area (Å²) in [5.41, 5.74) is 1.75. The molecule has 0 amide bonds. The Balaban J connectivity index is 1.84. The molecule has 0 bridgehead atoms. The standard InChI is InChI=1S/C29H25Cl2NO3/c1-20(35-26-18-17-24(30)19-25(26)31)27(28(33)34)32-29(21-11-5-2-6-12-21,22-13-7-3-8-14-22)23-15-9-4-10-16-23/h2-20,27,32H,1H3,(H,33,34). The lowest BCUT2D eigenvalue weighted by atomic mass is 9.76. The van der Waals surface area contributed by atoms with Crippen LogP contribution in [0.2, 0.25) is 10.0 Å². The molecule has 178 valence electrons. The number of aliphatic carboxylic acids is 1. The van der Waals surface area contributed by atoms with Gasteiger partial charge in [-0.2, -0.15) is 0 Å². The van der Waals surface area contributed by atoms with Gasteiger partial charge < -0.3 is 9.84 Å². The highest BCUT2D eigenvalue weighted by Gasteiger charge is 2.42. The summed E-state index contributed by atoms with van der Waals surface area (Å²) in [6.07, 6.45) is -0.776. The second-order valence-electron chi connectivity index (χ2n) is 8.21. The van der Waals surface area contributed by atoms with Gasteiger partial charge in [0.15, 0.2) is 0 Å². The highest BCUT2D eigenvalue weighted by atomic mass is 35.5. The van der Waals surface area contributed by atoms with Crippen molar-refractivity contribution in [1.29, 1.82) is 0 Å². The van der Waals surface area contributed by atoms with E-state index in [1.54, 1.807) is 25.1 Å². The third kappa shape index (κ3) is 5.35. The molecule has 0 radical (unpaired) electrons. The lowest BCUT2D eigenvalue weighted by Gasteiger charge is -2.40. The number of carboxylic acids is 1. The van der Waals surface area contributed by atoms with Crippen molar-refractivity contribution in [2.24, 2.45) is 0 Å². The van der Waals surface area contributed by atoms with Crippen LogP contribution in [0.3, 0.4) is 0 Å². The minimum Gasteiger partial charge on any atom is -0.487 e. The van der Waals surface area contributed by atoms with Gasteiger partial charge in [-0.1, -0.05) is 114 Å². The number of halogens is 2. The number of nitrogens with one attached hydrogen (secondary N) is 1. The summed E-state index contributed by atoms with van der Waals surface area (Å²) in [5.74, 6) is -0.684. The molecule has 0 aliphatic carbocycles. The monoisotopic (exact) mass is 505 g/mol. The summed E-state index contributed by atoms with van der Waals surface area (Å²) in [7, 11) is 0. The first-order valence-electron chi connectivity index (χ1n) is 11.2. The molecule has 4 aromatic carbocycles. The SMILES string of the molecule is CC(Oc1ccc(Cl)cc1Cl)C(NC(c1ccccc1)(c1ccccc1)c1ccccc1)C(=O)O. The van der Waals surface area contributed by atoms with Crippen LogP contribution in [-0.4, -0.2) is 23.2 Å². The van der Waals surface area contributed by atoms with E-state index in [1.807, 2.05) is 91.0 Å². The Morgan fingerprint density at radius 1 is 0.800 bits per heavy atom. The van der Waals surface area contributed by atoms with E-state index in [0.29, 0.717) is 15.8 Å². The van der Waals surface area contributed by atoms with E-state index in [1.165, 1.54) is 0 Å². The number of hydrogen-bond donors (Lipinski definition) is 2. The van der Waals surface area contributed by atoms with Crippen molar-refractivity contribution in [3.05, 3.63) is 136 Å². The summed E-state index contributed by atoms with van der Waals surface area (Å²) in [6, 6.07) is 33.2. The Kier molecular flexibility index (Phi) is 7.76. The van der Waals surface area contributed by atoms with Crippen LogP contribution in [0.15, 0.2) is 109 Å². The quantitative estimate of drug-likeness (QED) is 0.245. The number of ether oxygens (including phenoxy) is 1. The Labute approximate surface area is 215 Å². The van der Waals surface area contributed by atoms with Crippen LogP contribution in [-0.2, 0) is 10.3 Å². The zero-order chi connectivity index (χ0) is 24.8. The summed E-state index contributed by atoms with van der Waals surface area (Å²) in [6.45, 7) is 1.71.